The van der Waals surface area contributed by atoms with Gasteiger partial charge in [0.1, 0.15) is 12.2 Å². The van der Waals surface area contributed by atoms with Crippen LogP contribution >= 0.6 is 0 Å². The molecule has 16 heteroatoms. The number of aromatic amines is 1. The van der Waals surface area contributed by atoms with Gasteiger partial charge in [-0.2, -0.15) is 31.4 Å². The Labute approximate surface area is 200 Å². The number of aliphatic carboxylic acids is 2. The van der Waals surface area contributed by atoms with Crippen LogP contribution in [-0.4, -0.2) is 70.7 Å². The molecule has 0 aliphatic heterocycles. The molecule has 0 bridgehead atoms. The zero-order chi connectivity index (χ0) is 27.5. The number of aromatic nitrogens is 5. The summed E-state index contributed by atoms with van der Waals surface area (Å²) in [6, 6.07) is 8.39. The van der Waals surface area contributed by atoms with Crippen LogP contribution in [0.3, 0.4) is 0 Å². The van der Waals surface area contributed by atoms with Crippen molar-refractivity contribution in [1.29, 1.82) is 0 Å². The molecule has 0 aliphatic carbocycles. The van der Waals surface area contributed by atoms with E-state index in [-0.39, 0.29) is 0 Å². The number of carboxylic acid groups (broad SMARTS) is 2. The summed E-state index contributed by atoms with van der Waals surface area (Å²) < 4.78 is 65.5. The van der Waals surface area contributed by atoms with Crippen LogP contribution in [0.5, 0.6) is 0 Å². The third-order valence-electron chi connectivity index (χ3n) is 4.24. The number of benzene rings is 1. The van der Waals surface area contributed by atoms with Crippen molar-refractivity contribution in [3.05, 3.63) is 54.4 Å². The number of aryl methyl sites for hydroxylation is 1. The predicted molar refractivity (Wildman–Crippen MR) is 112 cm³/mol. The van der Waals surface area contributed by atoms with Crippen LogP contribution in [-0.2, 0) is 29.7 Å². The van der Waals surface area contributed by atoms with Crippen molar-refractivity contribution < 1.29 is 46.1 Å². The van der Waals surface area contributed by atoms with Crippen LogP contribution in [0.1, 0.15) is 18.3 Å². The molecule has 2 aromatic heterocycles. The monoisotopic (exact) mass is 524 g/mol. The van der Waals surface area contributed by atoms with Crippen LogP contribution in [0.2, 0.25) is 0 Å². The molecule has 3 rings (SSSR count). The summed E-state index contributed by atoms with van der Waals surface area (Å²) in [6.07, 6.45) is -4.82. The van der Waals surface area contributed by atoms with Crippen LogP contribution in [0.4, 0.5) is 26.3 Å². The summed E-state index contributed by atoms with van der Waals surface area (Å²) in [7, 11) is 2.03. The second-order valence-electron chi connectivity index (χ2n) is 6.90. The molecule has 1 aromatic carbocycles. The molecule has 2 heterocycles. The molecule has 36 heavy (non-hydrogen) atoms. The molecule has 0 atom stereocenters. The number of hydrogen-bond donors (Lipinski definition) is 3. The van der Waals surface area contributed by atoms with Crippen molar-refractivity contribution in [2.75, 3.05) is 6.54 Å². The van der Waals surface area contributed by atoms with Gasteiger partial charge in [-0.1, -0.05) is 25.1 Å². The van der Waals surface area contributed by atoms with Gasteiger partial charge in [-0.05, 0) is 18.2 Å². The third-order valence-corrected chi connectivity index (χ3v) is 4.24. The molecule has 0 aliphatic rings. The molecule has 0 spiro atoms. The highest BCUT2D eigenvalue weighted by atomic mass is 19.4. The zero-order valence-electron chi connectivity index (χ0n) is 18.9. The van der Waals surface area contributed by atoms with Crippen molar-refractivity contribution in [3.63, 3.8) is 0 Å². The van der Waals surface area contributed by atoms with Gasteiger partial charge < -0.3 is 14.8 Å². The molecule has 0 saturated carbocycles. The first-order chi connectivity index (χ1) is 16.6. The van der Waals surface area contributed by atoms with Gasteiger partial charge in [0.2, 0.25) is 0 Å². The Morgan fingerprint density at radius 1 is 1.03 bits per heavy atom. The van der Waals surface area contributed by atoms with E-state index < -0.39 is 24.3 Å². The van der Waals surface area contributed by atoms with Crippen molar-refractivity contribution in [1.82, 2.24) is 29.6 Å². The van der Waals surface area contributed by atoms with Crippen LogP contribution in [0.25, 0.3) is 11.4 Å². The average Bonchev–Trinajstić information content (AvgIpc) is 3.45. The average molecular weight is 524 g/mol. The van der Waals surface area contributed by atoms with E-state index in [2.05, 4.69) is 54.8 Å². The number of rotatable bonds is 6. The first-order valence-electron chi connectivity index (χ1n) is 9.88. The number of nitrogens with one attached hydrogen (secondary N) is 1. The second kappa shape index (κ2) is 13.2. The first kappa shape index (κ1) is 30.1. The van der Waals surface area contributed by atoms with E-state index in [1.165, 1.54) is 11.9 Å². The van der Waals surface area contributed by atoms with E-state index in [0.717, 1.165) is 36.8 Å². The number of imidazole rings is 1. The number of hydrogen-bond acceptors (Lipinski definition) is 6. The highest BCUT2D eigenvalue weighted by Gasteiger charge is 2.38. The summed E-state index contributed by atoms with van der Waals surface area (Å²) in [6.45, 7) is 4.86. The standard InChI is InChI=1S/C16H20N6.2C2HF3O2/c1-3-22(11-15-17-7-8-21(15)2)10-13-5-4-6-14(9-13)16-18-12-19-20-16;2*3-2(4,5)1(6)7/h4-9,12H,3,10-11H2,1-2H3,(H,18,19,20);2*(H,6,7). The Hall–Kier alpha value is -3.95. The molecule has 0 radical (unpaired) electrons. The maximum absolute atomic E-state index is 10.6. The Kier molecular flexibility index (Phi) is 11.0. The van der Waals surface area contributed by atoms with Gasteiger partial charge >= 0.3 is 24.3 Å². The Bertz CT molecular complexity index is 1070. The fourth-order valence-electron chi connectivity index (χ4n) is 2.45. The Morgan fingerprint density at radius 2 is 1.61 bits per heavy atom. The molecule has 198 valence electrons. The lowest BCUT2D eigenvalue weighted by Gasteiger charge is -2.20. The molecule has 3 N–H and O–H groups in total. The van der Waals surface area contributed by atoms with E-state index in [0.29, 0.717) is 0 Å². The van der Waals surface area contributed by atoms with E-state index >= 15 is 0 Å². The van der Waals surface area contributed by atoms with Gasteiger partial charge in [0.25, 0.3) is 0 Å². The SMILES string of the molecule is CCN(Cc1cccc(-c2ncn[nH]2)c1)Cc1nccn1C.O=C(O)C(F)(F)F.O=C(O)C(F)(F)F. The summed E-state index contributed by atoms with van der Waals surface area (Å²) in [5, 5.41) is 21.1. The minimum absolute atomic E-state index is 0.800. The minimum atomic E-state index is -5.08. The summed E-state index contributed by atoms with van der Waals surface area (Å²) in [4.78, 5) is 28.8. The van der Waals surface area contributed by atoms with E-state index in [9.17, 15) is 26.3 Å². The van der Waals surface area contributed by atoms with Gasteiger partial charge in [0.05, 0.1) is 6.54 Å². The van der Waals surface area contributed by atoms with Crippen molar-refractivity contribution >= 4 is 11.9 Å². The highest BCUT2D eigenvalue weighted by Crippen LogP contribution is 2.17. The Morgan fingerprint density at radius 3 is 2.03 bits per heavy atom. The lowest BCUT2D eigenvalue weighted by atomic mass is 10.1. The highest BCUT2D eigenvalue weighted by molar-refractivity contribution is 5.73. The topological polar surface area (TPSA) is 137 Å². The van der Waals surface area contributed by atoms with Crippen molar-refractivity contribution in [2.45, 2.75) is 32.4 Å². The smallest absolute Gasteiger partial charge is 0.475 e. The molecule has 0 saturated heterocycles. The normalized spacial score (nSPS) is 11.2. The van der Waals surface area contributed by atoms with E-state index in [1.54, 1.807) is 0 Å². The fourth-order valence-corrected chi connectivity index (χ4v) is 2.45. The number of carbonyl (C=O) groups is 2. The lowest BCUT2D eigenvalue weighted by Crippen LogP contribution is -2.24. The van der Waals surface area contributed by atoms with Gasteiger partial charge in [-0.25, -0.2) is 19.6 Å². The quantitative estimate of drug-likeness (QED) is 0.417. The third kappa shape index (κ3) is 10.5. The lowest BCUT2D eigenvalue weighted by molar-refractivity contribution is -0.193. The van der Waals surface area contributed by atoms with Crippen molar-refractivity contribution in [2.24, 2.45) is 7.05 Å². The van der Waals surface area contributed by atoms with Crippen LogP contribution in [0, 0.1) is 0 Å². The molecule has 0 unspecified atom stereocenters. The minimum Gasteiger partial charge on any atom is -0.475 e. The number of alkyl halides is 6. The van der Waals surface area contributed by atoms with Gasteiger partial charge in [0.15, 0.2) is 5.82 Å². The van der Waals surface area contributed by atoms with Gasteiger partial charge in [-0.15, -0.1) is 0 Å². The maximum atomic E-state index is 10.6. The second-order valence-corrected chi connectivity index (χ2v) is 6.90. The number of halogens is 6. The maximum Gasteiger partial charge on any atom is 0.490 e. The van der Waals surface area contributed by atoms with E-state index in [1.807, 2.05) is 25.5 Å². The largest absolute Gasteiger partial charge is 0.490 e. The summed E-state index contributed by atoms with van der Waals surface area (Å²) in [5.74, 6) is -3.64. The number of nitrogens with zero attached hydrogens (tertiary/aromatic N) is 5. The van der Waals surface area contributed by atoms with Gasteiger partial charge in [-0.3, -0.25) is 10.00 Å². The molecular weight excluding hydrogens is 502 g/mol. The molecule has 3 aromatic rings. The molecule has 0 amide bonds. The first-order valence-corrected chi connectivity index (χ1v) is 9.88. The van der Waals surface area contributed by atoms with Gasteiger partial charge in [0, 0.05) is 31.5 Å². The number of carboxylic acids is 2. The predicted octanol–water partition coefficient (Wildman–Crippen LogP) is 3.49. The van der Waals surface area contributed by atoms with E-state index in [4.69, 9.17) is 19.8 Å². The molecular formula is C20H22F6N6O4. The molecule has 10 nitrogen and oxygen atoms in total. The summed E-state index contributed by atoms with van der Waals surface area (Å²) >= 11 is 0. The Balaban J connectivity index is 0.000000383. The summed E-state index contributed by atoms with van der Waals surface area (Å²) in [5.41, 5.74) is 2.31. The van der Waals surface area contributed by atoms with Crippen molar-refractivity contribution in [3.8, 4) is 11.4 Å². The number of H-pyrrole nitrogens is 1. The van der Waals surface area contributed by atoms with Crippen LogP contribution < -0.4 is 0 Å². The van der Waals surface area contributed by atoms with Crippen LogP contribution in [0.15, 0.2) is 43.0 Å². The fraction of sp³-hybridized carbons (Fsp3) is 0.350. The molecule has 0 fully saturated rings. The zero-order valence-corrected chi connectivity index (χ0v) is 18.9.